The highest BCUT2D eigenvalue weighted by Crippen LogP contribution is 2.21. The summed E-state index contributed by atoms with van der Waals surface area (Å²) >= 11 is 11.4. The van der Waals surface area contributed by atoms with Gasteiger partial charge in [0.1, 0.15) is 5.82 Å². The Morgan fingerprint density at radius 3 is 2.52 bits per heavy atom. The molecule has 1 heterocycles. The maximum atomic E-state index is 14.1. The number of halogens is 2. The molecule has 0 atom stereocenters. The molecular formula is C18H18ClFN4S. The van der Waals surface area contributed by atoms with Gasteiger partial charge in [-0.3, -0.25) is 4.90 Å². The Labute approximate surface area is 156 Å². The van der Waals surface area contributed by atoms with Gasteiger partial charge in [-0.1, -0.05) is 35.9 Å². The molecule has 0 N–H and O–H groups in total. The lowest BCUT2D eigenvalue weighted by atomic mass is 10.2. The average molecular weight is 377 g/mol. The second kappa shape index (κ2) is 7.47. The Hall–Kier alpha value is -2.02. The summed E-state index contributed by atoms with van der Waals surface area (Å²) in [7, 11) is 3.78. The van der Waals surface area contributed by atoms with E-state index in [0.717, 1.165) is 12.1 Å². The molecule has 4 nitrogen and oxygen atoms in total. The lowest BCUT2D eigenvalue weighted by Crippen LogP contribution is -2.22. The highest BCUT2D eigenvalue weighted by Gasteiger charge is 2.14. The quantitative estimate of drug-likeness (QED) is 0.613. The van der Waals surface area contributed by atoms with Crippen LogP contribution in [-0.2, 0) is 20.3 Å². The molecule has 130 valence electrons. The third-order valence-electron chi connectivity index (χ3n) is 3.90. The molecule has 0 aliphatic heterocycles. The van der Waals surface area contributed by atoms with Crippen molar-refractivity contribution in [1.29, 1.82) is 0 Å². The Morgan fingerprint density at radius 1 is 1.16 bits per heavy atom. The molecule has 3 aromatic rings. The van der Waals surface area contributed by atoms with E-state index in [9.17, 15) is 4.39 Å². The molecule has 25 heavy (non-hydrogen) atoms. The van der Waals surface area contributed by atoms with Crippen molar-refractivity contribution >= 4 is 23.8 Å². The zero-order valence-electron chi connectivity index (χ0n) is 14.0. The summed E-state index contributed by atoms with van der Waals surface area (Å²) in [6.07, 6.45) is 0. The van der Waals surface area contributed by atoms with Gasteiger partial charge in [-0.05, 0) is 49.1 Å². The van der Waals surface area contributed by atoms with Gasteiger partial charge in [-0.2, -0.15) is 5.10 Å². The van der Waals surface area contributed by atoms with Crippen molar-refractivity contribution in [3.8, 4) is 11.4 Å². The van der Waals surface area contributed by atoms with E-state index in [-0.39, 0.29) is 5.82 Å². The van der Waals surface area contributed by atoms with Crippen molar-refractivity contribution in [2.24, 2.45) is 7.05 Å². The fourth-order valence-corrected chi connectivity index (χ4v) is 2.95. The second-order valence-corrected chi connectivity index (χ2v) is 6.73. The van der Waals surface area contributed by atoms with E-state index in [1.807, 2.05) is 31.3 Å². The molecule has 0 amide bonds. The Balaban J connectivity index is 1.81. The molecular weight excluding hydrogens is 359 g/mol. The van der Waals surface area contributed by atoms with Crippen molar-refractivity contribution in [1.82, 2.24) is 19.2 Å². The number of nitrogens with zero attached hydrogens (tertiary/aromatic N) is 4. The minimum atomic E-state index is -0.313. The first-order valence-corrected chi connectivity index (χ1v) is 8.56. The van der Waals surface area contributed by atoms with Crippen LogP contribution in [0.4, 0.5) is 4.39 Å². The first-order chi connectivity index (χ1) is 12.0. The molecule has 7 heteroatoms. The van der Waals surface area contributed by atoms with Crippen LogP contribution in [0.1, 0.15) is 5.56 Å². The predicted octanol–water partition coefficient (Wildman–Crippen LogP) is 4.50. The van der Waals surface area contributed by atoms with Crippen LogP contribution in [0.3, 0.4) is 0 Å². The maximum Gasteiger partial charge on any atom is 0.199 e. The highest BCUT2D eigenvalue weighted by molar-refractivity contribution is 7.71. The highest BCUT2D eigenvalue weighted by atomic mass is 35.5. The third kappa shape index (κ3) is 3.98. The molecule has 0 aliphatic carbocycles. The van der Waals surface area contributed by atoms with Crippen LogP contribution in [0.5, 0.6) is 0 Å². The van der Waals surface area contributed by atoms with Gasteiger partial charge in [0.15, 0.2) is 10.6 Å². The number of hydrogen-bond acceptors (Lipinski definition) is 3. The van der Waals surface area contributed by atoms with Crippen LogP contribution in [0.15, 0.2) is 48.5 Å². The lowest BCUT2D eigenvalue weighted by molar-refractivity contribution is 0.244. The van der Waals surface area contributed by atoms with Crippen LogP contribution in [0.2, 0.25) is 5.02 Å². The van der Waals surface area contributed by atoms with Crippen LogP contribution in [0, 0.1) is 10.6 Å². The van der Waals surface area contributed by atoms with Crippen LogP contribution in [0.25, 0.3) is 11.4 Å². The van der Waals surface area contributed by atoms with E-state index in [2.05, 4.69) is 10.00 Å². The Kier molecular flexibility index (Phi) is 5.32. The second-order valence-electron chi connectivity index (χ2n) is 5.93. The third-order valence-corrected chi connectivity index (χ3v) is 4.63. The molecule has 0 spiro atoms. The van der Waals surface area contributed by atoms with Gasteiger partial charge >= 0.3 is 0 Å². The normalized spacial score (nSPS) is 11.2. The molecule has 0 saturated heterocycles. The zero-order chi connectivity index (χ0) is 18.0. The van der Waals surface area contributed by atoms with Gasteiger partial charge in [-0.15, -0.1) is 0 Å². The monoisotopic (exact) mass is 376 g/mol. The standard InChI is InChI=1S/C18H18ClFN4S/c1-22(11-13-7-9-14(19)10-8-13)12-24-18(25)23(2)17(21-24)15-5-3-4-6-16(15)20/h3-10H,11-12H2,1-2H3. The predicted molar refractivity (Wildman–Crippen MR) is 100 cm³/mol. The average Bonchev–Trinajstić information content (AvgIpc) is 2.86. The lowest BCUT2D eigenvalue weighted by Gasteiger charge is -2.16. The summed E-state index contributed by atoms with van der Waals surface area (Å²) in [5.41, 5.74) is 1.58. The molecule has 0 fully saturated rings. The van der Waals surface area contributed by atoms with Gasteiger partial charge < -0.3 is 4.57 Å². The number of rotatable bonds is 5. The van der Waals surface area contributed by atoms with E-state index in [1.54, 1.807) is 34.5 Å². The fraction of sp³-hybridized carbons (Fsp3) is 0.222. The summed E-state index contributed by atoms with van der Waals surface area (Å²) in [6.45, 7) is 1.23. The van der Waals surface area contributed by atoms with Gasteiger partial charge in [0, 0.05) is 18.6 Å². The van der Waals surface area contributed by atoms with Crippen molar-refractivity contribution in [2.45, 2.75) is 13.2 Å². The molecule has 1 aromatic heterocycles. The summed E-state index contributed by atoms with van der Waals surface area (Å²) < 4.78 is 18.0. The van der Waals surface area contributed by atoms with E-state index in [0.29, 0.717) is 27.9 Å². The van der Waals surface area contributed by atoms with E-state index in [1.165, 1.54) is 6.07 Å². The van der Waals surface area contributed by atoms with Gasteiger partial charge in [0.25, 0.3) is 0 Å². The fourth-order valence-electron chi connectivity index (χ4n) is 2.64. The number of benzene rings is 2. The summed E-state index contributed by atoms with van der Waals surface area (Å²) in [5.74, 6) is 0.204. The first-order valence-electron chi connectivity index (χ1n) is 7.77. The minimum absolute atomic E-state index is 0.313. The summed E-state index contributed by atoms with van der Waals surface area (Å²) in [4.78, 5) is 2.08. The summed E-state index contributed by atoms with van der Waals surface area (Å²) in [6, 6.07) is 14.3. The Bertz CT molecular complexity index is 933. The van der Waals surface area contributed by atoms with Crippen molar-refractivity contribution in [2.75, 3.05) is 7.05 Å². The van der Waals surface area contributed by atoms with Crippen molar-refractivity contribution in [3.63, 3.8) is 0 Å². The van der Waals surface area contributed by atoms with E-state index >= 15 is 0 Å². The van der Waals surface area contributed by atoms with Gasteiger partial charge in [-0.25, -0.2) is 9.07 Å². The number of aromatic nitrogens is 3. The molecule has 0 unspecified atom stereocenters. The maximum absolute atomic E-state index is 14.1. The van der Waals surface area contributed by atoms with Gasteiger partial charge in [0.05, 0.1) is 12.2 Å². The number of hydrogen-bond donors (Lipinski definition) is 0. The minimum Gasteiger partial charge on any atom is -0.303 e. The summed E-state index contributed by atoms with van der Waals surface area (Å²) in [5, 5.41) is 5.22. The Morgan fingerprint density at radius 2 is 1.84 bits per heavy atom. The first kappa shape index (κ1) is 17.8. The topological polar surface area (TPSA) is 26.0 Å². The smallest absolute Gasteiger partial charge is 0.199 e. The SMILES string of the molecule is CN(Cc1ccc(Cl)cc1)Cn1nc(-c2ccccc2F)n(C)c1=S. The van der Waals surface area contributed by atoms with E-state index in [4.69, 9.17) is 23.8 Å². The van der Waals surface area contributed by atoms with Gasteiger partial charge in [0.2, 0.25) is 0 Å². The van der Waals surface area contributed by atoms with Crippen LogP contribution in [-0.4, -0.2) is 26.3 Å². The molecule has 0 saturated carbocycles. The van der Waals surface area contributed by atoms with E-state index < -0.39 is 0 Å². The molecule has 2 aromatic carbocycles. The van der Waals surface area contributed by atoms with Crippen LogP contribution < -0.4 is 0 Å². The largest absolute Gasteiger partial charge is 0.303 e. The molecule has 3 rings (SSSR count). The van der Waals surface area contributed by atoms with Crippen molar-refractivity contribution in [3.05, 3.63) is 69.7 Å². The molecule has 0 aliphatic rings. The van der Waals surface area contributed by atoms with Crippen LogP contribution >= 0.6 is 23.8 Å². The molecule has 0 radical (unpaired) electrons. The zero-order valence-corrected chi connectivity index (χ0v) is 15.6. The van der Waals surface area contributed by atoms with Crippen molar-refractivity contribution < 1.29 is 4.39 Å². The molecule has 0 bridgehead atoms.